The van der Waals surface area contributed by atoms with Gasteiger partial charge in [-0.1, -0.05) is 110 Å². The zero-order valence-corrected chi connectivity index (χ0v) is 26.1. The highest BCUT2D eigenvalue weighted by Gasteiger charge is 2.37. The van der Waals surface area contributed by atoms with Crippen LogP contribution < -0.4 is 5.32 Å². The first-order valence-electron chi connectivity index (χ1n) is 15.9. The molecule has 0 aromatic heterocycles. The third kappa shape index (κ3) is 14.9. The second-order valence-electron chi connectivity index (χ2n) is 12.6. The topological polar surface area (TPSA) is 119 Å². The molecule has 40 heavy (non-hydrogen) atoms. The number of nitrogens with zero attached hydrogens (tertiary/aromatic N) is 1. The summed E-state index contributed by atoms with van der Waals surface area (Å²) in [7, 11) is 1.26. The Morgan fingerprint density at radius 1 is 0.950 bits per heavy atom. The number of carbonyl (C=O) groups is 2. The number of unbranched alkanes of at least 4 members (excludes halogenated alkanes) is 11. The Morgan fingerprint density at radius 2 is 1.50 bits per heavy atom. The normalized spacial score (nSPS) is 19.9. The Bertz CT molecular complexity index is 723. The van der Waals surface area contributed by atoms with E-state index in [1.54, 1.807) is 6.08 Å². The number of hydrogen-bond acceptors (Lipinski definition) is 6. The molecule has 4 N–H and O–H groups in total. The molecule has 0 radical (unpaired) electrons. The Hall–Kier alpha value is -1.48. The van der Waals surface area contributed by atoms with Crippen LogP contribution in [-0.4, -0.2) is 82.7 Å². The SMILES string of the molecule is CCCCCCCCCCCCCCN1CCCC[C@H](NC(=O)[C@H](OC)[C@H](O)[C@@H](O)[C@H](O)C=CC(C)(C)C)C1=O. The van der Waals surface area contributed by atoms with Gasteiger partial charge in [0, 0.05) is 20.2 Å². The molecule has 1 fully saturated rings. The first-order valence-corrected chi connectivity index (χ1v) is 15.9. The van der Waals surface area contributed by atoms with E-state index in [1.165, 1.54) is 77.4 Å². The second kappa shape index (κ2) is 20.4. The summed E-state index contributed by atoms with van der Waals surface area (Å²) in [5.74, 6) is -0.779. The molecule has 1 heterocycles. The van der Waals surface area contributed by atoms with Gasteiger partial charge >= 0.3 is 0 Å². The lowest BCUT2D eigenvalue weighted by Gasteiger charge is -2.29. The average Bonchev–Trinajstić information content (AvgIpc) is 3.08. The first-order chi connectivity index (χ1) is 19.0. The molecule has 0 aliphatic carbocycles. The first kappa shape index (κ1) is 36.5. The smallest absolute Gasteiger partial charge is 0.252 e. The van der Waals surface area contributed by atoms with Gasteiger partial charge < -0.3 is 30.3 Å². The largest absolute Gasteiger partial charge is 0.387 e. The third-order valence-corrected chi connectivity index (χ3v) is 7.69. The molecule has 2 amide bonds. The standard InChI is InChI=1S/C32H60N2O6/c1-6-7-8-9-10-11-12-13-14-15-16-18-23-34-24-19-17-20-25(31(34)39)33-30(38)29(40-5)28(37)27(36)26(35)21-22-32(2,3)4/h21-22,25-29,35-37H,6-20,23-24H2,1-5H3,(H,33,38)/t25-,26+,27-,28+,29+/m0/s1. The van der Waals surface area contributed by atoms with Gasteiger partial charge in [0.2, 0.25) is 5.91 Å². The number of rotatable bonds is 20. The summed E-state index contributed by atoms with van der Waals surface area (Å²) in [6, 6.07) is -0.694. The van der Waals surface area contributed by atoms with Gasteiger partial charge in [-0.15, -0.1) is 0 Å². The highest BCUT2D eigenvalue weighted by atomic mass is 16.5. The summed E-state index contributed by atoms with van der Waals surface area (Å²) in [6.07, 6.45) is 14.4. The third-order valence-electron chi connectivity index (χ3n) is 7.69. The van der Waals surface area contributed by atoms with E-state index < -0.39 is 36.4 Å². The highest BCUT2D eigenvalue weighted by Crippen LogP contribution is 2.18. The van der Waals surface area contributed by atoms with Crippen molar-refractivity contribution in [3.8, 4) is 0 Å². The highest BCUT2D eigenvalue weighted by molar-refractivity contribution is 5.89. The molecule has 0 bridgehead atoms. The van der Waals surface area contributed by atoms with Crippen LogP contribution in [0.1, 0.15) is 124 Å². The van der Waals surface area contributed by atoms with E-state index in [4.69, 9.17) is 4.74 Å². The van der Waals surface area contributed by atoms with Crippen molar-refractivity contribution in [1.82, 2.24) is 10.2 Å². The Kier molecular flexibility index (Phi) is 18.6. The van der Waals surface area contributed by atoms with Crippen molar-refractivity contribution in [2.24, 2.45) is 5.41 Å². The van der Waals surface area contributed by atoms with Crippen LogP contribution in [0, 0.1) is 5.41 Å². The predicted octanol–water partition coefficient (Wildman–Crippen LogP) is 4.88. The molecule has 1 saturated heterocycles. The summed E-state index contributed by atoms with van der Waals surface area (Å²) in [4.78, 5) is 28.1. The molecule has 234 valence electrons. The van der Waals surface area contributed by atoms with Crippen molar-refractivity contribution >= 4 is 11.8 Å². The minimum absolute atomic E-state index is 0.105. The van der Waals surface area contributed by atoms with Crippen molar-refractivity contribution < 1.29 is 29.6 Å². The lowest BCUT2D eigenvalue weighted by Crippen LogP contribution is -2.55. The molecule has 8 heteroatoms. The number of nitrogens with one attached hydrogen (secondary N) is 1. The van der Waals surface area contributed by atoms with Crippen LogP contribution in [0.4, 0.5) is 0 Å². The van der Waals surface area contributed by atoms with E-state index in [0.29, 0.717) is 19.5 Å². The van der Waals surface area contributed by atoms with Crippen molar-refractivity contribution in [2.75, 3.05) is 20.2 Å². The zero-order chi connectivity index (χ0) is 30.0. The summed E-state index contributed by atoms with van der Waals surface area (Å²) in [6.45, 7) is 9.44. The number of carbonyl (C=O) groups excluding carboxylic acids is 2. The van der Waals surface area contributed by atoms with Crippen LogP contribution in [0.25, 0.3) is 0 Å². The number of ether oxygens (including phenoxy) is 1. The lowest BCUT2D eigenvalue weighted by molar-refractivity contribution is -0.151. The molecule has 0 saturated carbocycles. The molecule has 0 unspecified atom stereocenters. The van der Waals surface area contributed by atoms with Gasteiger partial charge in [-0.25, -0.2) is 0 Å². The minimum atomic E-state index is -1.66. The molecule has 8 nitrogen and oxygen atoms in total. The van der Waals surface area contributed by atoms with Crippen LogP contribution in [0.5, 0.6) is 0 Å². The fourth-order valence-electron chi connectivity index (χ4n) is 5.14. The molecule has 1 rings (SSSR count). The number of aliphatic hydroxyl groups excluding tert-OH is 3. The van der Waals surface area contributed by atoms with E-state index in [0.717, 1.165) is 25.7 Å². The molecule has 1 aliphatic rings. The van der Waals surface area contributed by atoms with E-state index >= 15 is 0 Å². The molecule has 0 aromatic carbocycles. The van der Waals surface area contributed by atoms with Crippen molar-refractivity contribution in [3.05, 3.63) is 12.2 Å². The fraction of sp³-hybridized carbons (Fsp3) is 0.875. The summed E-state index contributed by atoms with van der Waals surface area (Å²) in [5.41, 5.74) is -0.220. The molecule has 0 spiro atoms. The maximum absolute atomic E-state index is 13.2. The van der Waals surface area contributed by atoms with Crippen LogP contribution in [-0.2, 0) is 14.3 Å². The van der Waals surface area contributed by atoms with Crippen molar-refractivity contribution in [3.63, 3.8) is 0 Å². The maximum atomic E-state index is 13.2. The summed E-state index contributed by atoms with van der Waals surface area (Å²) >= 11 is 0. The monoisotopic (exact) mass is 568 g/mol. The van der Waals surface area contributed by atoms with E-state index in [-0.39, 0.29) is 11.3 Å². The van der Waals surface area contributed by atoms with Crippen LogP contribution in [0.15, 0.2) is 12.2 Å². The molecular weight excluding hydrogens is 508 g/mol. The number of hydrogen-bond donors (Lipinski definition) is 4. The van der Waals surface area contributed by atoms with Gasteiger partial charge in [-0.05, 0) is 31.1 Å². The number of amides is 2. The van der Waals surface area contributed by atoms with Gasteiger partial charge in [-0.2, -0.15) is 0 Å². The lowest BCUT2D eigenvalue weighted by atomic mass is 9.94. The van der Waals surface area contributed by atoms with Crippen molar-refractivity contribution in [1.29, 1.82) is 0 Å². The average molecular weight is 569 g/mol. The molecular formula is C32H60N2O6. The maximum Gasteiger partial charge on any atom is 0.252 e. The van der Waals surface area contributed by atoms with Gasteiger partial charge in [0.15, 0.2) is 6.10 Å². The van der Waals surface area contributed by atoms with Crippen LogP contribution in [0.2, 0.25) is 0 Å². The summed E-state index contributed by atoms with van der Waals surface area (Å²) < 4.78 is 5.19. The van der Waals surface area contributed by atoms with Crippen LogP contribution in [0.3, 0.4) is 0 Å². The second-order valence-corrected chi connectivity index (χ2v) is 12.6. The Morgan fingerprint density at radius 3 is 2.02 bits per heavy atom. The molecule has 5 atom stereocenters. The van der Waals surface area contributed by atoms with Gasteiger partial charge in [0.1, 0.15) is 24.4 Å². The number of methoxy groups -OCH3 is 1. The fourth-order valence-corrected chi connectivity index (χ4v) is 5.14. The quantitative estimate of drug-likeness (QED) is 0.123. The minimum Gasteiger partial charge on any atom is -0.387 e. The van der Waals surface area contributed by atoms with Gasteiger partial charge in [0.25, 0.3) is 5.91 Å². The number of allylic oxidation sites excluding steroid dienone is 1. The number of likely N-dealkylation sites (tertiary alicyclic amines) is 1. The van der Waals surface area contributed by atoms with E-state index in [2.05, 4.69) is 12.2 Å². The molecule has 0 aromatic rings. The zero-order valence-electron chi connectivity index (χ0n) is 26.1. The van der Waals surface area contributed by atoms with E-state index in [1.807, 2.05) is 25.7 Å². The van der Waals surface area contributed by atoms with E-state index in [9.17, 15) is 24.9 Å². The van der Waals surface area contributed by atoms with Crippen LogP contribution >= 0.6 is 0 Å². The van der Waals surface area contributed by atoms with Crippen molar-refractivity contribution in [2.45, 2.75) is 154 Å². The van der Waals surface area contributed by atoms with Gasteiger partial charge in [-0.3, -0.25) is 9.59 Å². The molecule has 1 aliphatic heterocycles. The summed E-state index contributed by atoms with van der Waals surface area (Å²) in [5, 5.41) is 34.1. The number of aliphatic hydroxyl groups is 3. The predicted molar refractivity (Wildman–Crippen MR) is 161 cm³/mol. The Labute approximate surface area is 243 Å². The Balaban J connectivity index is 2.47. The van der Waals surface area contributed by atoms with Gasteiger partial charge in [0.05, 0.1) is 0 Å².